The highest BCUT2D eigenvalue weighted by molar-refractivity contribution is 5.87. The molecule has 27 heavy (non-hydrogen) atoms. The van der Waals surface area contributed by atoms with Gasteiger partial charge in [-0.1, -0.05) is 24.3 Å². The van der Waals surface area contributed by atoms with E-state index in [2.05, 4.69) is 22.4 Å². The van der Waals surface area contributed by atoms with Gasteiger partial charge in [-0.25, -0.2) is 0 Å². The molecule has 2 aromatic carbocycles. The number of halogens is 1. The smallest absolute Gasteiger partial charge is 0.323 e. The van der Waals surface area contributed by atoms with Gasteiger partial charge >= 0.3 is 5.97 Å². The molecular formula is C20H19ClN2O4. The van der Waals surface area contributed by atoms with Crippen molar-refractivity contribution in [2.24, 2.45) is 0 Å². The number of para-hydroxylation sites is 1. The van der Waals surface area contributed by atoms with Gasteiger partial charge in [0.1, 0.15) is 6.04 Å². The molecule has 0 saturated carbocycles. The average Bonchev–Trinajstić information content (AvgIpc) is 3.30. The van der Waals surface area contributed by atoms with Gasteiger partial charge in [-0.05, 0) is 29.3 Å². The number of benzene rings is 2. The molecule has 0 unspecified atom stereocenters. The minimum Gasteiger partial charge on any atom is -0.468 e. The van der Waals surface area contributed by atoms with Gasteiger partial charge in [-0.2, -0.15) is 0 Å². The summed E-state index contributed by atoms with van der Waals surface area (Å²) in [6, 6.07) is 13.5. The lowest BCUT2D eigenvalue weighted by Crippen LogP contribution is -2.45. The summed E-state index contributed by atoms with van der Waals surface area (Å²) >= 11 is 0. The molecule has 5 rings (SSSR count). The summed E-state index contributed by atoms with van der Waals surface area (Å²) in [4.78, 5) is 15.8. The van der Waals surface area contributed by atoms with Crippen molar-refractivity contribution in [1.82, 2.24) is 10.3 Å². The number of carbonyl (C=O) groups excluding carboxylic acids is 1. The highest BCUT2D eigenvalue weighted by Gasteiger charge is 2.35. The van der Waals surface area contributed by atoms with Crippen molar-refractivity contribution >= 4 is 29.3 Å². The summed E-state index contributed by atoms with van der Waals surface area (Å²) in [6.45, 7) is 0.235. The number of ether oxygens (including phenoxy) is 3. The number of aromatic amines is 1. The molecule has 7 heteroatoms. The number of carbonyl (C=O) groups is 1. The lowest BCUT2D eigenvalue weighted by Gasteiger charge is -2.30. The van der Waals surface area contributed by atoms with Crippen LogP contribution >= 0.6 is 12.4 Å². The van der Waals surface area contributed by atoms with E-state index >= 15 is 0 Å². The van der Waals surface area contributed by atoms with Gasteiger partial charge in [0.2, 0.25) is 6.79 Å². The fourth-order valence-corrected chi connectivity index (χ4v) is 3.88. The molecule has 2 atom stereocenters. The molecule has 1 aromatic heterocycles. The normalized spacial score (nSPS) is 20.0. The van der Waals surface area contributed by atoms with E-state index in [1.165, 1.54) is 7.11 Å². The Kier molecular flexibility index (Phi) is 4.45. The number of methoxy groups -OCH3 is 1. The zero-order valence-electron chi connectivity index (χ0n) is 14.7. The van der Waals surface area contributed by atoms with Gasteiger partial charge < -0.3 is 19.2 Å². The van der Waals surface area contributed by atoms with Gasteiger partial charge in [0.15, 0.2) is 11.5 Å². The van der Waals surface area contributed by atoms with Crippen LogP contribution in [0.5, 0.6) is 11.5 Å². The Hall–Kier alpha value is -2.70. The number of hydrogen-bond acceptors (Lipinski definition) is 5. The fourth-order valence-electron chi connectivity index (χ4n) is 3.88. The van der Waals surface area contributed by atoms with Gasteiger partial charge in [0.25, 0.3) is 0 Å². The largest absolute Gasteiger partial charge is 0.468 e. The van der Waals surface area contributed by atoms with Crippen LogP contribution in [0.1, 0.15) is 22.9 Å². The summed E-state index contributed by atoms with van der Waals surface area (Å²) in [7, 11) is 1.42. The molecular weight excluding hydrogens is 368 g/mol. The third-order valence-corrected chi connectivity index (χ3v) is 5.13. The van der Waals surface area contributed by atoms with Crippen LogP contribution in [0, 0.1) is 0 Å². The van der Waals surface area contributed by atoms with Crippen LogP contribution < -0.4 is 14.8 Å². The lowest BCUT2D eigenvalue weighted by molar-refractivity contribution is -0.143. The third-order valence-electron chi connectivity index (χ3n) is 5.13. The molecule has 0 bridgehead atoms. The Morgan fingerprint density at radius 2 is 1.96 bits per heavy atom. The van der Waals surface area contributed by atoms with Gasteiger partial charge in [-0.15, -0.1) is 12.4 Å². The van der Waals surface area contributed by atoms with E-state index < -0.39 is 6.04 Å². The van der Waals surface area contributed by atoms with Gasteiger partial charge in [0, 0.05) is 23.0 Å². The minimum absolute atomic E-state index is 0. The van der Waals surface area contributed by atoms with E-state index in [0.29, 0.717) is 6.42 Å². The zero-order chi connectivity index (χ0) is 17.7. The summed E-state index contributed by atoms with van der Waals surface area (Å²) in [5.74, 6) is 1.21. The van der Waals surface area contributed by atoms with E-state index in [4.69, 9.17) is 14.2 Å². The molecule has 0 amide bonds. The number of esters is 1. The maximum atomic E-state index is 12.3. The highest BCUT2D eigenvalue weighted by atomic mass is 35.5. The molecule has 0 saturated heterocycles. The molecule has 0 spiro atoms. The quantitative estimate of drug-likeness (QED) is 0.662. The Morgan fingerprint density at radius 3 is 2.81 bits per heavy atom. The number of nitrogens with one attached hydrogen (secondary N) is 2. The summed E-state index contributed by atoms with van der Waals surface area (Å²) in [5.41, 5.74) is 4.30. The van der Waals surface area contributed by atoms with E-state index in [-0.39, 0.29) is 31.2 Å². The molecule has 0 radical (unpaired) electrons. The molecule has 0 fully saturated rings. The van der Waals surface area contributed by atoms with E-state index in [9.17, 15) is 4.79 Å². The summed E-state index contributed by atoms with van der Waals surface area (Å²) < 4.78 is 15.9. The van der Waals surface area contributed by atoms with Gasteiger partial charge in [-0.3, -0.25) is 10.1 Å². The predicted octanol–water partition coefficient (Wildman–Crippen LogP) is 3.10. The number of aromatic nitrogens is 1. The monoisotopic (exact) mass is 386 g/mol. The van der Waals surface area contributed by atoms with Gasteiger partial charge in [0.05, 0.1) is 13.2 Å². The van der Waals surface area contributed by atoms with Crippen LogP contribution in [-0.2, 0) is 16.0 Å². The first-order chi connectivity index (χ1) is 12.7. The van der Waals surface area contributed by atoms with Crippen molar-refractivity contribution in [3.05, 3.63) is 59.3 Å². The van der Waals surface area contributed by atoms with Crippen molar-refractivity contribution in [1.29, 1.82) is 0 Å². The van der Waals surface area contributed by atoms with Crippen molar-refractivity contribution in [2.45, 2.75) is 18.5 Å². The standard InChI is InChI=1S/C20H18N2O4.ClH/c1-24-20(23)15-9-13-12-4-2-3-5-14(12)21-19(13)18(22-15)11-6-7-16-17(8-11)26-10-25-16;/h2-8,15,18,21-22H,9-10H2,1H3;1H/t15-,18+;/m1./s1. The lowest BCUT2D eigenvalue weighted by atomic mass is 9.90. The van der Waals surface area contributed by atoms with Crippen LogP contribution in [0.15, 0.2) is 42.5 Å². The number of H-pyrrole nitrogens is 1. The number of hydrogen-bond donors (Lipinski definition) is 2. The first kappa shape index (κ1) is 17.7. The Labute approximate surface area is 162 Å². The first-order valence-electron chi connectivity index (χ1n) is 8.57. The van der Waals surface area contributed by atoms with Crippen LogP contribution in [-0.4, -0.2) is 30.9 Å². The topological polar surface area (TPSA) is 72.6 Å². The molecule has 2 aliphatic heterocycles. The average molecular weight is 387 g/mol. The molecule has 140 valence electrons. The van der Waals surface area contributed by atoms with Crippen LogP contribution in [0.25, 0.3) is 10.9 Å². The first-order valence-corrected chi connectivity index (χ1v) is 8.57. The van der Waals surface area contributed by atoms with E-state index in [1.807, 2.05) is 30.3 Å². The van der Waals surface area contributed by atoms with Crippen LogP contribution in [0.4, 0.5) is 0 Å². The SMILES string of the molecule is COC(=O)[C@H]1Cc2c([nH]c3ccccc23)[C@H](c2ccc3c(c2)OCO3)N1.Cl. The van der Waals surface area contributed by atoms with Crippen molar-refractivity contribution in [3.63, 3.8) is 0 Å². The van der Waals surface area contributed by atoms with E-state index in [0.717, 1.165) is 39.2 Å². The van der Waals surface area contributed by atoms with Crippen molar-refractivity contribution in [2.75, 3.05) is 13.9 Å². The van der Waals surface area contributed by atoms with Crippen molar-refractivity contribution < 1.29 is 19.0 Å². The number of rotatable bonds is 2. The highest BCUT2D eigenvalue weighted by Crippen LogP contribution is 2.39. The number of fused-ring (bicyclic) bond motifs is 4. The zero-order valence-corrected chi connectivity index (χ0v) is 15.5. The molecule has 2 aliphatic rings. The molecule has 6 nitrogen and oxygen atoms in total. The molecule has 3 heterocycles. The third kappa shape index (κ3) is 2.81. The second kappa shape index (κ2) is 6.79. The molecule has 2 N–H and O–H groups in total. The maximum absolute atomic E-state index is 12.3. The van der Waals surface area contributed by atoms with Crippen LogP contribution in [0.3, 0.4) is 0 Å². The second-order valence-corrected chi connectivity index (χ2v) is 6.56. The Morgan fingerprint density at radius 1 is 1.15 bits per heavy atom. The van der Waals surface area contributed by atoms with E-state index in [1.54, 1.807) is 0 Å². The Bertz CT molecular complexity index is 1020. The van der Waals surface area contributed by atoms with Crippen molar-refractivity contribution in [3.8, 4) is 11.5 Å². The molecule has 0 aliphatic carbocycles. The van der Waals surface area contributed by atoms with Crippen LogP contribution in [0.2, 0.25) is 0 Å². The predicted molar refractivity (Wildman–Crippen MR) is 103 cm³/mol. The second-order valence-electron chi connectivity index (χ2n) is 6.56. The molecule has 3 aromatic rings. The fraction of sp³-hybridized carbons (Fsp3) is 0.250. The minimum atomic E-state index is -0.401. The summed E-state index contributed by atoms with van der Waals surface area (Å²) in [5, 5.41) is 4.57. The summed E-state index contributed by atoms with van der Waals surface area (Å²) in [6.07, 6.45) is 0.590. The maximum Gasteiger partial charge on any atom is 0.323 e. The Balaban J connectivity index is 0.00000180.